The van der Waals surface area contributed by atoms with Gasteiger partial charge in [-0.1, -0.05) is 0 Å². The topological polar surface area (TPSA) is 147 Å². The summed E-state index contributed by atoms with van der Waals surface area (Å²) in [4.78, 5) is 63.5. The summed E-state index contributed by atoms with van der Waals surface area (Å²) in [5.41, 5.74) is 1.42. The second-order valence-electron chi connectivity index (χ2n) is 13.0. The largest absolute Gasteiger partial charge is 0.464 e. The lowest BCUT2D eigenvalue weighted by atomic mass is 10.2. The van der Waals surface area contributed by atoms with Gasteiger partial charge in [0.15, 0.2) is 0 Å². The van der Waals surface area contributed by atoms with Crippen molar-refractivity contribution in [1.29, 1.82) is 0 Å². The van der Waals surface area contributed by atoms with Crippen LogP contribution in [-0.4, -0.2) is 122 Å². The zero-order chi connectivity index (χ0) is 35.8. The number of esters is 1. The number of hydrogen-bond acceptors (Lipinski definition) is 11. The number of nitrogens with zero attached hydrogens (tertiary/aromatic N) is 6. The summed E-state index contributed by atoms with van der Waals surface area (Å²) in [7, 11) is 2.89. The monoisotopic (exact) mass is 797 g/mol. The summed E-state index contributed by atoms with van der Waals surface area (Å²) in [5, 5.41) is 2.55. The van der Waals surface area contributed by atoms with Crippen molar-refractivity contribution in [2.75, 3.05) is 76.3 Å². The SMILES string of the molecule is CNC(=O)c1ccc(N2CCN(C(=O)OC(C)(C)C)CC2)c(Br)n1.COC(=O)c1ccc(N2CCN(C(=O)OC(C)(C)C)CC2)c(Br)n1. The number of methoxy groups -OCH3 is 1. The smallest absolute Gasteiger partial charge is 0.410 e. The lowest BCUT2D eigenvalue weighted by molar-refractivity contribution is 0.0230. The third kappa shape index (κ3) is 11.2. The minimum absolute atomic E-state index is 0.225. The summed E-state index contributed by atoms with van der Waals surface area (Å²) in [6, 6.07) is 7.02. The van der Waals surface area contributed by atoms with Crippen molar-refractivity contribution in [3.63, 3.8) is 0 Å². The van der Waals surface area contributed by atoms with Crippen LogP contribution in [0.5, 0.6) is 0 Å². The van der Waals surface area contributed by atoms with Crippen LogP contribution in [0.15, 0.2) is 33.5 Å². The summed E-state index contributed by atoms with van der Waals surface area (Å²) < 4.78 is 16.7. The maximum atomic E-state index is 12.1. The molecule has 14 nitrogen and oxygen atoms in total. The molecule has 3 amide bonds. The van der Waals surface area contributed by atoms with E-state index in [-0.39, 0.29) is 23.8 Å². The Morgan fingerprint density at radius 3 is 1.38 bits per heavy atom. The van der Waals surface area contributed by atoms with Crippen molar-refractivity contribution in [3.8, 4) is 0 Å². The van der Waals surface area contributed by atoms with Gasteiger partial charge in [-0.15, -0.1) is 0 Å². The minimum Gasteiger partial charge on any atom is -0.464 e. The van der Waals surface area contributed by atoms with E-state index in [1.807, 2.05) is 53.7 Å². The summed E-state index contributed by atoms with van der Waals surface area (Å²) in [6.45, 7) is 16.1. The van der Waals surface area contributed by atoms with Gasteiger partial charge in [0.1, 0.15) is 31.8 Å². The van der Waals surface area contributed by atoms with Gasteiger partial charge in [0.2, 0.25) is 0 Å². The molecule has 4 heterocycles. The quantitative estimate of drug-likeness (QED) is 0.255. The molecule has 0 unspecified atom stereocenters. The first-order valence-electron chi connectivity index (χ1n) is 15.5. The second kappa shape index (κ2) is 16.6. The number of halogens is 2. The van der Waals surface area contributed by atoms with E-state index < -0.39 is 17.2 Å². The minimum atomic E-state index is -0.495. The summed E-state index contributed by atoms with van der Waals surface area (Å²) >= 11 is 6.82. The number of nitrogens with one attached hydrogen (secondary N) is 1. The van der Waals surface area contributed by atoms with Crippen LogP contribution in [0, 0.1) is 0 Å². The van der Waals surface area contributed by atoms with Crippen LogP contribution in [0.1, 0.15) is 62.5 Å². The van der Waals surface area contributed by atoms with Gasteiger partial charge >= 0.3 is 18.2 Å². The van der Waals surface area contributed by atoms with Crippen molar-refractivity contribution in [2.24, 2.45) is 0 Å². The normalized spacial score (nSPS) is 15.2. The third-order valence-corrected chi connectivity index (χ3v) is 8.22. The first kappa shape index (κ1) is 38.8. The average molecular weight is 800 g/mol. The first-order chi connectivity index (χ1) is 22.4. The maximum Gasteiger partial charge on any atom is 0.410 e. The molecule has 2 aliphatic heterocycles. The predicted octanol–water partition coefficient (Wildman–Crippen LogP) is 4.95. The number of rotatable bonds is 4. The van der Waals surface area contributed by atoms with Crippen LogP contribution in [0.4, 0.5) is 21.0 Å². The van der Waals surface area contributed by atoms with Crippen LogP contribution in [0.25, 0.3) is 0 Å². The highest BCUT2D eigenvalue weighted by Crippen LogP contribution is 2.27. The Morgan fingerprint density at radius 2 is 1.04 bits per heavy atom. The van der Waals surface area contributed by atoms with E-state index in [0.717, 1.165) is 11.4 Å². The van der Waals surface area contributed by atoms with Crippen molar-refractivity contribution >= 4 is 67.3 Å². The lowest BCUT2D eigenvalue weighted by Crippen LogP contribution is -2.50. The fraction of sp³-hybridized carbons (Fsp3) is 0.562. The van der Waals surface area contributed by atoms with Gasteiger partial charge in [-0.05, 0) is 97.7 Å². The fourth-order valence-corrected chi connectivity index (χ4v) is 5.86. The number of aromatic nitrogens is 2. The Bertz CT molecular complexity index is 1350. The Balaban J connectivity index is 0.000000260. The molecule has 16 heteroatoms. The number of pyridine rings is 2. The van der Waals surface area contributed by atoms with E-state index in [1.54, 1.807) is 29.0 Å². The van der Waals surface area contributed by atoms with Gasteiger partial charge in [0, 0.05) is 59.4 Å². The highest BCUT2D eigenvalue weighted by Gasteiger charge is 2.28. The van der Waals surface area contributed by atoms with Crippen LogP contribution in [-0.2, 0) is 14.2 Å². The fourth-order valence-electron chi connectivity index (χ4n) is 4.71. The molecule has 2 fully saturated rings. The number of hydrogen-bond donors (Lipinski definition) is 1. The Morgan fingerprint density at radius 1 is 0.667 bits per heavy atom. The zero-order valence-corrected chi connectivity index (χ0v) is 31.9. The maximum absolute atomic E-state index is 12.1. The molecule has 2 aliphatic rings. The molecule has 0 bridgehead atoms. The van der Waals surface area contributed by atoms with Gasteiger partial charge in [-0.25, -0.2) is 24.4 Å². The van der Waals surface area contributed by atoms with Crippen molar-refractivity contribution in [1.82, 2.24) is 25.1 Å². The third-order valence-electron chi connectivity index (χ3n) is 7.06. The molecule has 1 N–H and O–H groups in total. The molecule has 48 heavy (non-hydrogen) atoms. The van der Waals surface area contributed by atoms with E-state index in [2.05, 4.69) is 61.7 Å². The molecule has 4 rings (SSSR count). The molecule has 0 saturated carbocycles. The van der Waals surface area contributed by atoms with Gasteiger partial charge in [-0.2, -0.15) is 0 Å². The molecule has 2 aromatic rings. The van der Waals surface area contributed by atoms with Crippen LogP contribution in [0.3, 0.4) is 0 Å². The van der Waals surface area contributed by atoms with Crippen molar-refractivity contribution in [2.45, 2.75) is 52.7 Å². The molecular formula is C32H45Br2N7O7. The number of carbonyl (C=O) groups is 4. The molecule has 0 aromatic carbocycles. The van der Waals surface area contributed by atoms with Crippen LogP contribution in [0.2, 0.25) is 0 Å². The second-order valence-corrected chi connectivity index (χ2v) is 14.5. The van der Waals surface area contributed by atoms with Gasteiger partial charge < -0.3 is 39.1 Å². The molecular weight excluding hydrogens is 754 g/mol. The van der Waals surface area contributed by atoms with E-state index >= 15 is 0 Å². The Hall–Kier alpha value is -3.66. The number of anilines is 2. The van der Waals surface area contributed by atoms with Crippen LogP contribution < -0.4 is 15.1 Å². The van der Waals surface area contributed by atoms with E-state index in [4.69, 9.17) is 9.47 Å². The lowest BCUT2D eigenvalue weighted by Gasteiger charge is -2.36. The molecule has 264 valence electrons. The highest BCUT2D eigenvalue weighted by molar-refractivity contribution is 9.10. The standard InChI is InChI=1S/C16H23BrN4O3.C16H22BrN3O4/c1-16(2,3)24-15(23)21-9-7-20(8-10-21)12-6-5-11(14(22)18-4)19-13(12)17;1-16(2,3)24-15(22)20-9-7-19(8-10-20)12-6-5-11(14(21)23-4)18-13(12)17/h5-6H,7-10H2,1-4H3,(H,18,22);5-6H,7-10H2,1-4H3. The van der Waals surface area contributed by atoms with Gasteiger partial charge in [-0.3, -0.25) is 4.79 Å². The Labute approximate surface area is 298 Å². The molecule has 2 saturated heterocycles. The molecule has 0 spiro atoms. The Kier molecular flexibility index (Phi) is 13.4. The highest BCUT2D eigenvalue weighted by atomic mass is 79.9. The van der Waals surface area contributed by atoms with Crippen molar-refractivity contribution < 1.29 is 33.4 Å². The number of amides is 3. The van der Waals surface area contributed by atoms with E-state index in [1.165, 1.54) is 7.11 Å². The van der Waals surface area contributed by atoms with Crippen LogP contribution >= 0.6 is 31.9 Å². The van der Waals surface area contributed by atoms with Gasteiger partial charge in [0.05, 0.1) is 18.5 Å². The number of piperazine rings is 2. The van der Waals surface area contributed by atoms with E-state index in [9.17, 15) is 19.2 Å². The summed E-state index contributed by atoms with van der Waals surface area (Å²) in [5.74, 6) is -0.700. The molecule has 0 atom stereocenters. The van der Waals surface area contributed by atoms with E-state index in [0.29, 0.717) is 67.3 Å². The zero-order valence-electron chi connectivity index (χ0n) is 28.8. The van der Waals surface area contributed by atoms with Gasteiger partial charge in [0.25, 0.3) is 5.91 Å². The molecule has 2 aromatic heterocycles. The first-order valence-corrected chi connectivity index (χ1v) is 17.1. The van der Waals surface area contributed by atoms with Crippen molar-refractivity contribution in [3.05, 3.63) is 44.9 Å². The number of carbonyl (C=O) groups excluding carboxylic acids is 4. The summed E-state index contributed by atoms with van der Waals surface area (Å²) in [6.07, 6.45) is -0.574. The number of ether oxygens (including phenoxy) is 3. The molecule has 0 radical (unpaired) electrons. The average Bonchev–Trinajstić information content (AvgIpc) is 3.02. The predicted molar refractivity (Wildman–Crippen MR) is 189 cm³/mol. The molecule has 0 aliphatic carbocycles.